The van der Waals surface area contributed by atoms with E-state index in [-0.39, 0.29) is 0 Å². The molecule has 0 fully saturated rings. The van der Waals surface area contributed by atoms with Crippen molar-refractivity contribution in [3.05, 3.63) is 70.6 Å². The van der Waals surface area contributed by atoms with Gasteiger partial charge in [-0.2, -0.15) is 0 Å². The van der Waals surface area contributed by atoms with Crippen molar-refractivity contribution in [3.8, 4) is 22.6 Å². The number of hydrogen-bond donors (Lipinski definition) is 1. The van der Waals surface area contributed by atoms with E-state index in [0.29, 0.717) is 22.3 Å². The SMILES string of the molecule is CNCc1cc(-c2ccoc2)ccc1Oc1ccc(Cl)c(Cl)c1. The molecule has 1 N–H and O–H groups in total. The van der Waals surface area contributed by atoms with E-state index in [0.717, 1.165) is 22.4 Å². The quantitative estimate of drug-likeness (QED) is 0.636. The molecule has 0 unspecified atom stereocenters. The normalized spacial score (nSPS) is 10.7. The minimum atomic E-state index is 0.467. The summed E-state index contributed by atoms with van der Waals surface area (Å²) in [5.41, 5.74) is 3.14. The zero-order chi connectivity index (χ0) is 16.2. The molecule has 0 spiro atoms. The molecule has 0 atom stereocenters. The maximum Gasteiger partial charge on any atom is 0.131 e. The highest BCUT2D eigenvalue weighted by molar-refractivity contribution is 6.42. The van der Waals surface area contributed by atoms with Gasteiger partial charge in [0.25, 0.3) is 0 Å². The lowest BCUT2D eigenvalue weighted by Gasteiger charge is -2.13. The second-order valence-electron chi connectivity index (χ2n) is 5.04. The monoisotopic (exact) mass is 347 g/mol. The van der Waals surface area contributed by atoms with Gasteiger partial charge in [-0.05, 0) is 42.9 Å². The molecule has 5 heteroatoms. The third-order valence-electron chi connectivity index (χ3n) is 3.40. The van der Waals surface area contributed by atoms with Crippen LogP contribution in [0.1, 0.15) is 5.56 Å². The Morgan fingerprint density at radius 3 is 2.57 bits per heavy atom. The van der Waals surface area contributed by atoms with E-state index in [4.69, 9.17) is 32.4 Å². The molecule has 0 aliphatic carbocycles. The molecular weight excluding hydrogens is 333 g/mol. The van der Waals surface area contributed by atoms with Crippen LogP contribution >= 0.6 is 23.2 Å². The largest absolute Gasteiger partial charge is 0.472 e. The molecule has 0 bridgehead atoms. The predicted octanol–water partition coefficient (Wildman–Crippen LogP) is 5.77. The summed E-state index contributed by atoms with van der Waals surface area (Å²) in [5, 5.41) is 4.12. The van der Waals surface area contributed by atoms with Crippen molar-refractivity contribution >= 4 is 23.2 Å². The van der Waals surface area contributed by atoms with Gasteiger partial charge in [-0.3, -0.25) is 0 Å². The van der Waals surface area contributed by atoms with E-state index in [1.165, 1.54) is 0 Å². The molecule has 0 saturated heterocycles. The molecule has 0 aliphatic rings. The summed E-state index contributed by atoms with van der Waals surface area (Å²) in [6, 6.07) is 13.2. The third kappa shape index (κ3) is 3.70. The van der Waals surface area contributed by atoms with E-state index < -0.39 is 0 Å². The van der Waals surface area contributed by atoms with Crippen LogP contribution in [-0.2, 0) is 6.54 Å². The lowest BCUT2D eigenvalue weighted by Crippen LogP contribution is -2.06. The molecule has 3 aromatic rings. The molecule has 2 aromatic carbocycles. The molecule has 23 heavy (non-hydrogen) atoms. The van der Waals surface area contributed by atoms with Gasteiger partial charge in [0, 0.05) is 23.7 Å². The highest BCUT2D eigenvalue weighted by Crippen LogP contribution is 2.33. The molecule has 3 nitrogen and oxygen atoms in total. The van der Waals surface area contributed by atoms with Crippen LogP contribution in [0.15, 0.2) is 59.4 Å². The van der Waals surface area contributed by atoms with E-state index >= 15 is 0 Å². The van der Waals surface area contributed by atoms with Crippen molar-refractivity contribution in [1.82, 2.24) is 5.32 Å². The molecule has 3 rings (SSSR count). The Bertz CT molecular complexity index is 801. The van der Waals surface area contributed by atoms with Gasteiger partial charge in [0.05, 0.1) is 22.6 Å². The minimum absolute atomic E-state index is 0.467. The molecule has 0 aliphatic heterocycles. The Balaban J connectivity index is 1.93. The van der Waals surface area contributed by atoms with Gasteiger partial charge in [0.2, 0.25) is 0 Å². The first-order chi connectivity index (χ1) is 11.2. The first-order valence-corrected chi connectivity index (χ1v) is 7.86. The summed E-state index contributed by atoms with van der Waals surface area (Å²) in [5.74, 6) is 1.41. The number of halogens is 2. The molecule has 0 radical (unpaired) electrons. The Labute approximate surface area is 144 Å². The number of ether oxygens (including phenoxy) is 1. The molecule has 0 amide bonds. The van der Waals surface area contributed by atoms with Gasteiger partial charge in [0.15, 0.2) is 0 Å². The van der Waals surface area contributed by atoms with Crippen LogP contribution in [0.2, 0.25) is 10.0 Å². The van der Waals surface area contributed by atoms with Crippen LogP contribution in [0, 0.1) is 0 Å². The van der Waals surface area contributed by atoms with Crippen LogP contribution in [0.3, 0.4) is 0 Å². The number of rotatable bonds is 5. The summed E-state index contributed by atoms with van der Waals surface area (Å²) in [6.07, 6.45) is 3.38. The van der Waals surface area contributed by atoms with Crippen molar-refractivity contribution in [3.63, 3.8) is 0 Å². The summed E-state index contributed by atoms with van der Waals surface area (Å²) >= 11 is 12.0. The topological polar surface area (TPSA) is 34.4 Å². The first-order valence-electron chi connectivity index (χ1n) is 7.10. The molecule has 0 saturated carbocycles. The second-order valence-corrected chi connectivity index (χ2v) is 5.86. The van der Waals surface area contributed by atoms with Crippen molar-refractivity contribution in [2.45, 2.75) is 6.54 Å². The summed E-state index contributed by atoms with van der Waals surface area (Å²) in [6.45, 7) is 0.683. The fourth-order valence-corrected chi connectivity index (χ4v) is 2.57. The summed E-state index contributed by atoms with van der Waals surface area (Å²) in [7, 11) is 1.90. The van der Waals surface area contributed by atoms with Gasteiger partial charge in [-0.15, -0.1) is 0 Å². The van der Waals surface area contributed by atoms with E-state index in [1.54, 1.807) is 30.7 Å². The van der Waals surface area contributed by atoms with E-state index in [1.807, 2.05) is 25.2 Å². The van der Waals surface area contributed by atoms with Crippen LogP contribution in [0.25, 0.3) is 11.1 Å². The van der Waals surface area contributed by atoms with Crippen LogP contribution in [0.5, 0.6) is 11.5 Å². The van der Waals surface area contributed by atoms with Crippen molar-refractivity contribution in [1.29, 1.82) is 0 Å². The summed E-state index contributed by atoms with van der Waals surface area (Å²) in [4.78, 5) is 0. The zero-order valence-corrected chi connectivity index (χ0v) is 14.0. The Hall–Kier alpha value is -1.94. The van der Waals surface area contributed by atoms with E-state index in [9.17, 15) is 0 Å². The van der Waals surface area contributed by atoms with Crippen LogP contribution < -0.4 is 10.1 Å². The minimum Gasteiger partial charge on any atom is -0.472 e. The third-order valence-corrected chi connectivity index (χ3v) is 4.14. The van der Waals surface area contributed by atoms with E-state index in [2.05, 4.69) is 11.4 Å². The fourth-order valence-electron chi connectivity index (χ4n) is 2.28. The number of hydrogen-bond acceptors (Lipinski definition) is 3. The Morgan fingerprint density at radius 1 is 1.00 bits per heavy atom. The average Bonchev–Trinajstić information content (AvgIpc) is 3.07. The maximum absolute atomic E-state index is 6.04. The number of benzene rings is 2. The highest BCUT2D eigenvalue weighted by Gasteiger charge is 2.09. The molecule has 118 valence electrons. The highest BCUT2D eigenvalue weighted by atomic mass is 35.5. The van der Waals surface area contributed by atoms with Crippen LogP contribution in [0.4, 0.5) is 0 Å². The Morgan fingerprint density at radius 2 is 1.87 bits per heavy atom. The van der Waals surface area contributed by atoms with Gasteiger partial charge < -0.3 is 14.5 Å². The van der Waals surface area contributed by atoms with Gasteiger partial charge in [-0.25, -0.2) is 0 Å². The van der Waals surface area contributed by atoms with Gasteiger partial charge in [0.1, 0.15) is 11.5 Å². The molecule has 1 aromatic heterocycles. The molecular formula is C18H15Cl2NO2. The number of nitrogens with one attached hydrogen (secondary N) is 1. The lowest BCUT2D eigenvalue weighted by molar-refractivity contribution is 0.474. The van der Waals surface area contributed by atoms with Crippen LogP contribution in [-0.4, -0.2) is 7.05 Å². The standard InChI is InChI=1S/C18H15Cl2NO2/c1-21-10-14-8-12(13-6-7-22-11-13)2-5-18(14)23-15-3-4-16(19)17(20)9-15/h2-9,11,21H,10H2,1H3. The van der Waals surface area contributed by atoms with Crippen molar-refractivity contribution in [2.75, 3.05) is 7.05 Å². The maximum atomic E-state index is 6.04. The average molecular weight is 348 g/mol. The summed E-state index contributed by atoms with van der Waals surface area (Å²) < 4.78 is 11.1. The Kier molecular flexibility index (Phi) is 4.91. The number of furan rings is 1. The zero-order valence-electron chi connectivity index (χ0n) is 12.5. The first kappa shape index (κ1) is 15.9. The predicted molar refractivity (Wildman–Crippen MR) is 93.4 cm³/mol. The fraction of sp³-hybridized carbons (Fsp3) is 0.111. The second kappa shape index (κ2) is 7.09. The smallest absolute Gasteiger partial charge is 0.131 e. The van der Waals surface area contributed by atoms with Gasteiger partial charge >= 0.3 is 0 Å². The van der Waals surface area contributed by atoms with Gasteiger partial charge in [-0.1, -0.05) is 29.3 Å². The lowest BCUT2D eigenvalue weighted by atomic mass is 10.0. The molecule has 1 heterocycles. The van der Waals surface area contributed by atoms with Crippen molar-refractivity contribution < 1.29 is 9.15 Å². The van der Waals surface area contributed by atoms with Crippen molar-refractivity contribution in [2.24, 2.45) is 0 Å².